The molecule has 1 atom stereocenters. The van der Waals surface area contributed by atoms with Gasteiger partial charge in [-0.05, 0) is 18.6 Å². The van der Waals surface area contributed by atoms with Crippen LogP contribution in [0.3, 0.4) is 0 Å². The van der Waals surface area contributed by atoms with Crippen LogP contribution < -0.4 is 5.32 Å². The highest BCUT2D eigenvalue weighted by atomic mass is 19.1. The zero-order valence-electron chi connectivity index (χ0n) is 9.44. The fraction of sp³-hybridized carbons (Fsp3) is 0.333. The van der Waals surface area contributed by atoms with E-state index in [4.69, 9.17) is 0 Å². The lowest BCUT2D eigenvalue weighted by Gasteiger charge is -2.11. The summed E-state index contributed by atoms with van der Waals surface area (Å²) < 4.78 is 13.3. The molecule has 2 rings (SSSR count). The highest BCUT2D eigenvalue weighted by molar-refractivity contribution is 6.07. The first kappa shape index (κ1) is 11.6. The molecule has 1 aromatic carbocycles. The molecule has 1 aromatic rings. The standard InChI is InChI=1S/C12H13FN2O2/c1-15-7-6-8(12(15)17)11(16)14-10-5-3-2-4-9(10)13/h2-5,8H,6-7H2,1H3,(H,14,16). The second-order valence-electron chi connectivity index (χ2n) is 4.07. The number of hydrogen-bond acceptors (Lipinski definition) is 2. The van der Waals surface area contributed by atoms with Crippen LogP contribution in [-0.2, 0) is 9.59 Å². The van der Waals surface area contributed by atoms with E-state index in [0.29, 0.717) is 13.0 Å². The predicted octanol–water partition coefficient (Wildman–Crippen LogP) is 1.24. The number of benzene rings is 1. The van der Waals surface area contributed by atoms with Crippen LogP contribution in [-0.4, -0.2) is 30.3 Å². The minimum Gasteiger partial charge on any atom is -0.345 e. The van der Waals surface area contributed by atoms with E-state index >= 15 is 0 Å². The van der Waals surface area contributed by atoms with Crippen molar-refractivity contribution in [1.29, 1.82) is 0 Å². The molecular weight excluding hydrogens is 223 g/mol. The Kier molecular flexibility index (Phi) is 3.08. The summed E-state index contributed by atoms with van der Waals surface area (Å²) in [6.07, 6.45) is 0.482. The summed E-state index contributed by atoms with van der Waals surface area (Å²) >= 11 is 0. The number of rotatable bonds is 2. The van der Waals surface area contributed by atoms with Crippen LogP contribution in [0.1, 0.15) is 6.42 Å². The molecule has 90 valence electrons. The second kappa shape index (κ2) is 4.53. The van der Waals surface area contributed by atoms with Crippen molar-refractivity contribution in [2.24, 2.45) is 5.92 Å². The molecule has 1 aliphatic rings. The number of anilines is 1. The smallest absolute Gasteiger partial charge is 0.237 e. The van der Waals surface area contributed by atoms with Crippen LogP contribution in [0.5, 0.6) is 0 Å². The first-order valence-corrected chi connectivity index (χ1v) is 5.40. The van der Waals surface area contributed by atoms with Crippen LogP contribution in [0.15, 0.2) is 24.3 Å². The van der Waals surface area contributed by atoms with E-state index < -0.39 is 17.6 Å². The molecule has 0 bridgehead atoms. The topological polar surface area (TPSA) is 49.4 Å². The summed E-state index contributed by atoms with van der Waals surface area (Å²) in [6.45, 7) is 0.564. The Morgan fingerprint density at radius 2 is 2.18 bits per heavy atom. The van der Waals surface area contributed by atoms with Gasteiger partial charge in [0.15, 0.2) is 0 Å². The zero-order chi connectivity index (χ0) is 12.4. The fourth-order valence-corrected chi connectivity index (χ4v) is 1.85. The Hall–Kier alpha value is -1.91. The lowest BCUT2D eigenvalue weighted by Crippen LogP contribution is -2.31. The third-order valence-electron chi connectivity index (χ3n) is 2.88. The van der Waals surface area contributed by atoms with E-state index in [1.165, 1.54) is 17.0 Å². The van der Waals surface area contributed by atoms with Crippen LogP contribution >= 0.6 is 0 Å². The molecular formula is C12H13FN2O2. The Bertz CT molecular complexity index is 462. The molecule has 5 heteroatoms. The first-order valence-electron chi connectivity index (χ1n) is 5.40. The highest BCUT2D eigenvalue weighted by Gasteiger charge is 2.35. The molecule has 1 unspecified atom stereocenters. The van der Waals surface area contributed by atoms with Crippen LogP contribution in [0.25, 0.3) is 0 Å². The maximum Gasteiger partial charge on any atom is 0.237 e. The molecule has 1 heterocycles. The number of para-hydroxylation sites is 1. The summed E-state index contributed by atoms with van der Waals surface area (Å²) in [6, 6.07) is 5.90. The SMILES string of the molecule is CN1CCC(C(=O)Nc2ccccc2F)C1=O. The Morgan fingerprint density at radius 3 is 2.76 bits per heavy atom. The van der Waals surface area contributed by atoms with Gasteiger partial charge in [-0.1, -0.05) is 12.1 Å². The minimum absolute atomic E-state index is 0.111. The van der Waals surface area contributed by atoms with Gasteiger partial charge in [-0.3, -0.25) is 9.59 Å². The van der Waals surface area contributed by atoms with Gasteiger partial charge < -0.3 is 10.2 Å². The van der Waals surface area contributed by atoms with Gasteiger partial charge in [0.2, 0.25) is 11.8 Å². The van der Waals surface area contributed by atoms with Gasteiger partial charge >= 0.3 is 0 Å². The molecule has 2 amide bonds. The molecule has 1 saturated heterocycles. The predicted molar refractivity (Wildman–Crippen MR) is 60.8 cm³/mol. The number of nitrogens with one attached hydrogen (secondary N) is 1. The van der Waals surface area contributed by atoms with Crippen molar-refractivity contribution in [1.82, 2.24) is 4.90 Å². The van der Waals surface area contributed by atoms with Crippen molar-refractivity contribution in [2.45, 2.75) is 6.42 Å². The van der Waals surface area contributed by atoms with Crippen molar-refractivity contribution < 1.29 is 14.0 Å². The molecule has 1 aliphatic heterocycles. The van der Waals surface area contributed by atoms with Crippen molar-refractivity contribution in [3.05, 3.63) is 30.1 Å². The number of halogens is 1. The van der Waals surface area contributed by atoms with E-state index in [9.17, 15) is 14.0 Å². The zero-order valence-corrected chi connectivity index (χ0v) is 9.44. The monoisotopic (exact) mass is 236 g/mol. The van der Waals surface area contributed by atoms with Gasteiger partial charge in [-0.25, -0.2) is 4.39 Å². The van der Waals surface area contributed by atoms with Gasteiger partial charge in [0.05, 0.1) is 5.69 Å². The summed E-state index contributed by atoms with van der Waals surface area (Å²) in [5.41, 5.74) is 0.111. The molecule has 4 nitrogen and oxygen atoms in total. The minimum atomic E-state index is -0.695. The van der Waals surface area contributed by atoms with Gasteiger partial charge in [0.25, 0.3) is 0 Å². The molecule has 0 aliphatic carbocycles. The number of likely N-dealkylation sites (tertiary alicyclic amines) is 1. The number of amides is 2. The van der Waals surface area contributed by atoms with Gasteiger partial charge in [0, 0.05) is 13.6 Å². The molecule has 0 aromatic heterocycles. The number of nitrogens with zero attached hydrogens (tertiary/aromatic N) is 1. The average Bonchev–Trinajstić information content (AvgIpc) is 2.63. The number of carbonyl (C=O) groups excluding carboxylic acids is 2. The molecule has 17 heavy (non-hydrogen) atoms. The van der Waals surface area contributed by atoms with Crippen molar-refractivity contribution in [2.75, 3.05) is 18.9 Å². The third kappa shape index (κ3) is 2.27. The van der Waals surface area contributed by atoms with E-state index in [-0.39, 0.29) is 11.6 Å². The fourth-order valence-electron chi connectivity index (χ4n) is 1.85. The Balaban J connectivity index is 2.08. The largest absolute Gasteiger partial charge is 0.345 e. The molecule has 0 spiro atoms. The van der Waals surface area contributed by atoms with Crippen molar-refractivity contribution in [3.63, 3.8) is 0 Å². The Morgan fingerprint density at radius 1 is 1.47 bits per heavy atom. The summed E-state index contributed by atoms with van der Waals surface area (Å²) in [5, 5.41) is 2.44. The Labute approximate surface area is 98.4 Å². The summed E-state index contributed by atoms with van der Waals surface area (Å²) in [5.74, 6) is -1.84. The molecule has 0 radical (unpaired) electrons. The first-order chi connectivity index (χ1) is 8.09. The van der Waals surface area contributed by atoms with E-state index in [2.05, 4.69) is 5.32 Å². The number of hydrogen-bond donors (Lipinski definition) is 1. The van der Waals surface area contributed by atoms with Crippen LogP contribution in [0.4, 0.5) is 10.1 Å². The van der Waals surface area contributed by atoms with E-state index in [0.717, 1.165) is 0 Å². The van der Waals surface area contributed by atoms with Gasteiger partial charge in [-0.2, -0.15) is 0 Å². The third-order valence-corrected chi connectivity index (χ3v) is 2.88. The van der Waals surface area contributed by atoms with Crippen molar-refractivity contribution >= 4 is 17.5 Å². The molecule has 0 saturated carbocycles. The maximum atomic E-state index is 13.3. The van der Waals surface area contributed by atoms with E-state index in [1.54, 1.807) is 19.2 Å². The highest BCUT2D eigenvalue weighted by Crippen LogP contribution is 2.20. The maximum absolute atomic E-state index is 13.3. The van der Waals surface area contributed by atoms with Crippen molar-refractivity contribution in [3.8, 4) is 0 Å². The second-order valence-corrected chi connectivity index (χ2v) is 4.07. The lowest BCUT2D eigenvalue weighted by atomic mass is 10.1. The van der Waals surface area contributed by atoms with Gasteiger partial charge in [-0.15, -0.1) is 0 Å². The van der Waals surface area contributed by atoms with Gasteiger partial charge in [0.1, 0.15) is 11.7 Å². The van der Waals surface area contributed by atoms with Crippen LogP contribution in [0.2, 0.25) is 0 Å². The molecule has 1 N–H and O–H groups in total. The summed E-state index contributed by atoms with van der Waals surface area (Å²) in [7, 11) is 1.65. The quantitative estimate of drug-likeness (QED) is 0.785. The molecule has 1 fully saturated rings. The van der Waals surface area contributed by atoms with E-state index in [1.807, 2.05) is 0 Å². The summed E-state index contributed by atoms with van der Waals surface area (Å²) in [4.78, 5) is 24.9. The number of carbonyl (C=O) groups is 2. The normalized spacial score (nSPS) is 19.5. The van der Waals surface area contributed by atoms with Crippen LogP contribution in [0, 0.1) is 11.7 Å². The lowest BCUT2D eigenvalue weighted by molar-refractivity contribution is -0.134. The average molecular weight is 236 g/mol.